The Balaban J connectivity index is 2.89. The molecule has 0 atom stereocenters. The molecule has 0 unspecified atom stereocenters. The zero-order valence-electron chi connectivity index (χ0n) is 11.3. The fraction of sp³-hybridized carbons (Fsp3) is 0.538. The second-order valence-electron chi connectivity index (χ2n) is 4.64. The van der Waals surface area contributed by atoms with E-state index in [1.54, 1.807) is 17.9 Å². The van der Waals surface area contributed by atoms with Crippen molar-refractivity contribution in [3.05, 3.63) is 23.2 Å². The van der Waals surface area contributed by atoms with Gasteiger partial charge in [0, 0.05) is 19.0 Å². The lowest BCUT2D eigenvalue weighted by molar-refractivity contribution is 0.0710. The van der Waals surface area contributed by atoms with Gasteiger partial charge in [-0.2, -0.15) is 0 Å². The number of aryl methyl sites for hydroxylation is 2. The zero-order chi connectivity index (χ0) is 13.9. The molecule has 0 aromatic carbocycles. The van der Waals surface area contributed by atoms with Crippen LogP contribution in [0.1, 0.15) is 42.1 Å². The Morgan fingerprint density at radius 3 is 2.50 bits per heavy atom. The second kappa shape index (κ2) is 6.00. The van der Waals surface area contributed by atoms with Gasteiger partial charge >= 0.3 is 0 Å². The van der Waals surface area contributed by atoms with E-state index in [2.05, 4.69) is 0 Å². The Morgan fingerprint density at radius 2 is 2.11 bits per heavy atom. The minimum absolute atomic E-state index is 0.0319. The van der Waals surface area contributed by atoms with Gasteiger partial charge in [-0.25, -0.2) is 0 Å². The van der Waals surface area contributed by atoms with Crippen molar-refractivity contribution in [1.82, 2.24) is 4.90 Å². The van der Waals surface area contributed by atoms with Crippen LogP contribution in [0.2, 0.25) is 0 Å². The highest BCUT2D eigenvalue weighted by Gasteiger charge is 2.22. The standard InChI is InChI=1S/C13H20N2O2S/c1-8(2)15(6-5-12(14)18)13(16)11-7-9(3)17-10(11)4/h7-8H,5-6H2,1-4H3,(H2,14,18). The summed E-state index contributed by atoms with van der Waals surface area (Å²) in [4.78, 5) is 14.6. The summed E-state index contributed by atoms with van der Waals surface area (Å²) in [5.74, 6) is 1.36. The van der Waals surface area contributed by atoms with Gasteiger partial charge in [0.2, 0.25) is 0 Å². The fourth-order valence-electron chi connectivity index (χ4n) is 1.82. The van der Waals surface area contributed by atoms with Crippen LogP contribution in [0.25, 0.3) is 0 Å². The second-order valence-corrected chi connectivity index (χ2v) is 5.16. The Bertz CT molecular complexity index is 452. The fourth-order valence-corrected chi connectivity index (χ4v) is 1.91. The Kier molecular flexibility index (Phi) is 4.90. The van der Waals surface area contributed by atoms with E-state index in [1.165, 1.54) is 0 Å². The number of rotatable bonds is 5. The van der Waals surface area contributed by atoms with E-state index in [0.717, 1.165) is 5.76 Å². The molecule has 0 saturated carbocycles. The van der Waals surface area contributed by atoms with Crippen molar-refractivity contribution >= 4 is 23.1 Å². The van der Waals surface area contributed by atoms with Crippen molar-refractivity contribution < 1.29 is 9.21 Å². The molecule has 1 amide bonds. The molecular formula is C13H20N2O2S. The van der Waals surface area contributed by atoms with Crippen molar-refractivity contribution in [2.75, 3.05) is 6.54 Å². The third-order valence-electron chi connectivity index (χ3n) is 2.75. The smallest absolute Gasteiger partial charge is 0.257 e. The number of nitrogens with zero attached hydrogens (tertiary/aromatic N) is 1. The molecule has 0 radical (unpaired) electrons. The van der Waals surface area contributed by atoms with Gasteiger partial charge in [0.05, 0.1) is 10.6 Å². The number of furan rings is 1. The predicted octanol–water partition coefficient (Wildman–Crippen LogP) is 2.42. The average molecular weight is 268 g/mol. The maximum Gasteiger partial charge on any atom is 0.257 e. The van der Waals surface area contributed by atoms with Crippen LogP contribution in [-0.4, -0.2) is 28.4 Å². The van der Waals surface area contributed by atoms with Gasteiger partial charge in [-0.1, -0.05) is 12.2 Å². The number of amides is 1. The lowest BCUT2D eigenvalue weighted by Gasteiger charge is -2.26. The quantitative estimate of drug-likeness (QED) is 0.833. The molecular weight excluding hydrogens is 248 g/mol. The van der Waals surface area contributed by atoms with Crippen LogP contribution in [0.5, 0.6) is 0 Å². The summed E-state index contributed by atoms with van der Waals surface area (Å²) in [6.45, 7) is 8.11. The first-order valence-corrected chi connectivity index (χ1v) is 6.40. The molecule has 18 heavy (non-hydrogen) atoms. The monoisotopic (exact) mass is 268 g/mol. The summed E-state index contributed by atoms with van der Waals surface area (Å²) in [6.07, 6.45) is 0.537. The SMILES string of the molecule is Cc1cc(C(=O)N(CCC(N)=S)C(C)C)c(C)o1. The molecule has 1 aromatic heterocycles. The topological polar surface area (TPSA) is 59.5 Å². The van der Waals surface area contributed by atoms with Crippen molar-refractivity contribution in [1.29, 1.82) is 0 Å². The van der Waals surface area contributed by atoms with Crippen LogP contribution in [0, 0.1) is 13.8 Å². The van der Waals surface area contributed by atoms with Crippen LogP contribution < -0.4 is 5.73 Å². The van der Waals surface area contributed by atoms with Crippen molar-refractivity contribution in [3.63, 3.8) is 0 Å². The van der Waals surface area contributed by atoms with E-state index in [9.17, 15) is 4.79 Å². The minimum atomic E-state index is -0.0319. The maximum atomic E-state index is 12.4. The number of nitrogens with two attached hydrogens (primary N) is 1. The molecule has 4 nitrogen and oxygen atoms in total. The van der Waals surface area contributed by atoms with Gasteiger partial charge in [0.1, 0.15) is 11.5 Å². The summed E-state index contributed by atoms with van der Waals surface area (Å²) in [6, 6.07) is 1.87. The largest absolute Gasteiger partial charge is 0.466 e. The lowest BCUT2D eigenvalue weighted by atomic mass is 10.2. The van der Waals surface area contributed by atoms with E-state index < -0.39 is 0 Å². The Morgan fingerprint density at radius 1 is 1.50 bits per heavy atom. The average Bonchev–Trinajstić information content (AvgIpc) is 2.56. The number of thiocarbonyl (C=S) groups is 1. The summed E-state index contributed by atoms with van der Waals surface area (Å²) in [7, 11) is 0. The number of hydrogen-bond acceptors (Lipinski definition) is 3. The highest BCUT2D eigenvalue weighted by atomic mass is 32.1. The van der Waals surface area contributed by atoms with E-state index in [4.69, 9.17) is 22.4 Å². The van der Waals surface area contributed by atoms with Crippen LogP contribution in [0.4, 0.5) is 0 Å². The highest BCUT2D eigenvalue weighted by Crippen LogP contribution is 2.17. The third-order valence-corrected chi connectivity index (χ3v) is 2.96. The third kappa shape index (κ3) is 3.57. The first kappa shape index (κ1) is 14.7. The molecule has 1 aromatic rings. The molecule has 1 heterocycles. The van der Waals surface area contributed by atoms with Crippen molar-refractivity contribution in [2.45, 2.75) is 40.2 Å². The normalized spacial score (nSPS) is 10.7. The van der Waals surface area contributed by atoms with Gasteiger partial charge < -0.3 is 15.1 Å². The van der Waals surface area contributed by atoms with E-state index in [-0.39, 0.29) is 11.9 Å². The van der Waals surface area contributed by atoms with E-state index >= 15 is 0 Å². The van der Waals surface area contributed by atoms with Crippen LogP contribution in [0.3, 0.4) is 0 Å². The summed E-state index contributed by atoms with van der Waals surface area (Å²) < 4.78 is 5.39. The molecule has 0 aliphatic rings. The molecule has 0 aliphatic heterocycles. The van der Waals surface area contributed by atoms with Crippen molar-refractivity contribution in [2.24, 2.45) is 5.73 Å². The van der Waals surface area contributed by atoms with Gasteiger partial charge in [0.25, 0.3) is 5.91 Å². The van der Waals surface area contributed by atoms with Crippen molar-refractivity contribution in [3.8, 4) is 0 Å². The highest BCUT2D eigenvalue weighted by molar-refractivity contribution is 7.80. The van der Waals surface area contributed by atoms with Gasteiger partial charge in [-0.15, -0.1) is 0 Å². The summed E-state index contributed by atoms with van der Waals surface area (Å²) >= 11 is 4.85. The summed E-state index contributed by atoms with van der Waals surface area (Å²) in [5, 5.41) is 0. The van der Waals surface area contributed by atoms with Crippen LogP contribution >= 0.6 is 12.2 Å². The molecule has 0 saturated heterocycles. The number of hydrogen-bond donors (Lipinski definition) is 1. The minimum Gasteiger partial charge on any atom is -0.466 e. The number of carbonyl (C=O) groups is 1. The molecule has 0 bridgehead atoms. The predicted molar refractivity (Wildman–Crippen MR) is 75.8 cm³/mol. The Labute approximate surface area is 113 Å². The lowest BCUT2D eigenvalue weighted by Crippen LogP contribution is -2.39. The van der Waals surface area contributed by atoms with Gasteiger partial charge in [0.15, 0.2) is 0 Å². The molecule has 2 N–H and O–H groups in total. The molecule has 1 rings (SSSR count). The van der Waals surface area contributed by atoms with Gasteiger partial charge in [-0.3, -0.25) is 4.79 Å². The zero-order valence-corrected chi connectivity index (χ0v) is 12.1. The molecule has 0 spiro atoms. The first-order chi connectivity index (χ1) is 8.32. The maximum absolute atomic E-state index is 12.4. The van der Waals surface area contributed by atoms with E-state index in [0.29, 0.717) is 29.3 Å². The molecule has 0 fully saturated rings. The molecule has 0 aliphatic carbocycles. The molecule has 100 valence electrons. The first-order valence-electron chi connectivity index (χ1n) is 5.99. The Hall–Kier alpha value is -1.36. The summed E-state index contributed by atoms with van der Waals surface area (Å²) in [5.41, 5.74) is 6.10. The molecule has 5 heteroatoms. The van der Waals surface area contributed by atoms with Crippen LogP contribution in [-0.2, 0) is 0 Å². The van der Waals surface area contributed by atoms with Crippen LogP contribution in [0.15, 0.2) is 10.5 Å². The van der Waals surface area contributed by atoms with Gasteiger partial charge in [-0.05, 0) is 33.8 Å². The number of carbonyl (C=O) groups excluding carboxylic acids is 1. The van der Waals surface area contributed by atoms with E-state index in [1.807, 2.05) is 20.8 Å².